The summed E-state index contributed by atoms with van der Waals surface area (Å²) in [6.45, 7) is 1.33. The van der Waals surface area contributed by atoms with Crippen molar-refractivity contribution in [2.24, 2.45) is 0 Å². The monoisotopic (exact) mass is 513 g/mol. The van der Waals surface area contributed by atoms with Gasteiger partial charge in [0.25, 0.3) is 0 Å². The number of piperidine rings is 1. The van der Waals surface area contributed by atoms with Gasteiger partial charge in [-0.05, 0) is 66.6 Å². The van der Waals surface area contributed by atoms with E-state index in [1.54, 1.807) is 12.1 Å². The number of ether oxygens (including phenoxy) is 1. The second kappa shape index (κ2) is 9.56. The van der Waals surface area contributed by atoms with Gasteiger partial charge in [0.05, 0.1) is 23.2 Å². The summed E-state index contributed by atoms with van der Waals surface area (Å²) in [5.74, 6) is -0.110. The third kappa shape index (κ3) is 4.18. The van der Waals surface area contributed by atoms with Crippen LogP contribution in [0.25, 0.3) is 22.7 Å². The van der Waals surface area contributed by atoms with Crippen LogP contribution in [0.3, 0.4) is 0 Å². The molecule has 4 aromatic rings. The Labute approximate surface area is 218 Å². The number of hydrogen-bond acceptors (Lipinski definition) is 6. The average molecular weight is 514 g/mol. The standard InChI is InChI=1S/C29H25F2N5O2/c1-35-10-9-26(27(37)14-35)36-25-8-5-17(12-24(25)34-29(36)33-16-32)11-21-19-3-2-4-23(31)22(19)15-38-28-13-18(30)6-7-20(21)28/h2-8,11-13,26-27,37H,9-10,14-15H2,1H3,(H,33,34)/b21-11+/t26-,27-/m0/s1. The van der Waals surface area contributed by atoms with Gasteiger partial charge >= 0.3 is 0 Å². The van der Waals surface area contributed by atoms with E-state index < -0.39 is 11.9 Å². The van der Waals surface area contributed by atoms with Crippen LogP contribution in [0, 0.1) is 23.1 Å². The molecule has 1 fully saturated rings. The van der Waals surface area contributed by atoms with E-state index in [-0.39, 0.29) is 18.5 Å². The number of hydrogen-bond donors (Lipinski definition) is 2. The normalized spacial score (nSPS) is 20.3. The summed E-state index contributed by atoms with van der Waals surface area (Å²) in [4.78, 5) is 6.73. The first-order chi connectivity index (χ1) is 18.4. The number of aromatic nitrogens is 2. The number of imidazole rings is 1. The van der Waals surface area contributed by atoms with Gasteiger partial charge in [-0.3, -0.25) is 5.32 Å². The van der Waals surface area contributed by atoms with Crippen molar-refractivity contribution in [3.63, 3.8) is 0 Å². The van der Waals surface area contributed by atoms with Crippen LogP contribution in [0.5, 0.6) is 5.75 Å². The van der Waals surface area contributed by atoms with Gasteiger partial charge in [-0.1, -0.05) is 18.2 Å². The lowest BCUT2D eigenvalue weighted by Gasteiger charge is -2.35. The van der Waals surface area contributed by atoms with E-state index in [1.165, 1.54) is 18.2 Å². The molecule has 7 nitrogen and oxygen atoms in total. The lowest BCUT2D eigenvalue weighted by molar-refractivity contribution is 0.0403. The fourth-order valence-electron chi connectivity index (χ4n) is 5.47. The van der Waals surface area contributed by atoms with E-state index in [2.05, 4.69) is 15.2 Å². The molecule has 0 unspecified atom stereocenters. The zero-order valence-corrected chi connectivity index (χ0v) is 20.7. The number of aliphatic hydroxyl groups is 1. The summed E-state index contributed by atoms with van der Waals surface area (Å²) in [5, 5.41) is 22.8. The molecule has 1 saturated heterocycles. The van der Waals surface area contributed by atoms with Crippen molar-refractivity contribution in [3.05, 3.63) is 88.5 Å². The highest BCUT2D eigenvalue weighted by molar-refractivity contribution is 5.96. The molecule has 6 rings (SSSR count). The number of likely N-dealkylation sites (N-methyl/N-ethyl adjacent to an activating group) is 1. The molecule has 0 bridgehead atoms. The number of aliphatic hydroxyl groups excluding tert-OH is 1. The van der Waals surface area contributed by atoms with Crippen molar-refractivity contribution in [1.82, 2.24) is 14.5 Å². The largest absolute Gasteiger partial charge is 0.488 e. The number of β-amino-alcohol motifs (C(OH)–C–C–N with tert-alkyl or cyclic N) is 1. The van der Waals surface area contributed by atoms with Crippen LogP contribution in [0.15, 0.2) is 54.6 Å². The van der Waals surface area contributed by atoms with Gasteiger partial charge in [0.1, 0.15) is 24.0 Å². The van der Waals surface area contributed by atoms with Crippen molar-refractivity contribution in [2.45, 2.75) is 25.2 Å². The zero-order valence-electron chi connectivity index (χ0n) is 20.7. The molecule has 0 radical (unpaired) electrons. The minimum atomic E-state index is -0.610. The van der Waals surface area contributed by atoms with Crippen LogP contribution in [0.1, 0.15) is 34.7 Å². The summed E-state index contributed by atoms with van der Waals surface area (Å²) in [6, 6.07) is 14.7. The molecule has 0 amide bonds. The summed E-state index contributed by atoms with van der Waals surface area (Å²) in [6.07, 6.45) is 3.96. The number of anilines is 1. The topological polar surface area (TPSA) is 86.3 Å². The Morgan fingerprint density at radius 2 is 2.03 bits per heavy atom. The number of likely N-dealkylation sites (tertiary alicyclic amines) is 1. The van der Waals surface area contributed by atoms with Crippen molar-refractivity contribution in [3.8, 4) is 11.9 Å². The molecule has 2 atom stereocenters. The maximum Gasteiger partial charge on any atom is 0.217 e. The predicted molar refractivity (Wildman–Crippen MR) is 140 cm³/mol. The molecule has 9 heteroatoms. The number of nitrogens with one attached hydrogen (secondary N) is 1. The average Bonchev–Trinajstić information content (AvgIpc) is 3.15. The molecule has 192 valence electrons. The van der Waals surface area contributed by atoms with E-state index in [0.717, 1.165) is 17.6 Å². The van der Waals surface area contributed by atoms with Crippen molar-refractivity contribution >= 4 is 28.6 Å². The third-order valence-corrected chi connectivity index (χ3v) is 7.29. The maximum atomic E-state index is 14.8. The number of nitriles is 1. The second-order valence-electron chi connectivity index (χ2n) is 9.73. The van der Waals surface area contributed by atoms with Gasteiger partial charge in [0.2, 0.25) is 5.95 Å². The molecular formula is C29H25F2N5O2. The van der Waals surface area contributed by atoms with Gasteiger partial charge in [-0.15, -0.1) is 0 Å². The van der Waals surface area contributed by atoms with Crippen molar-refractivity contribution < 1.29 is 18.6 Å². The third-order valence-electron chi connectivity index (χ3n) is 7.29. The van der Waals surface area contributed by atoms with Gasteiger partial charge < -0.3 is 19.3 Å². The number of benzene rings is 3. The second-order valence-corrected chi connectivity index (χ2v) is 9.73. The Morgan fingerprint density at radius 3 is 2.84 bits per heavy atom. The molecule has 38 heavy (non-hydrogen) atoms. The first kappa shape index (κ1) is 24.1. The zero-order chi connectivity index (χ0) is 26.4. The van der Waals surface area contributed by atoms with Crippen molar-refractivity contribution in [1.29, 1.82) is 5.26 Å². The van der Waals surface area contributed by atoms with E-state index in [4.69, 9.17) is 4.74 Å². The Kier molecular flexibility index (Phi) is 6.06. The van der Waals surface area contributed by atoms with Gasteiger partial charge in [-0.25, -0.2) is 13.8 Å². The minimum Gasteiger partial charge on any atom is -0.488 e. The molecule has 2 aliphatic heterocycles. The Bertz CT molecular complexity index is 1620. The molecule has 0 saturated carbocycles. The van der Waals surface area contributed by atoms with Crippen LogP contribution in [-0.2, 0) is 6.61 Å². The lowest BCUT2D eigenvalue weighted by Crippen LogP contribution is -2.42. The highest BCUT2D eigenvalue weighted by Gasteiger charge is 2.30. The molecule has 0 aliphatic carbocycles. The number of fused-ring (bicyclic) bond motifs is 3. The van der Waals surface area contributed by atoms with Crippen LogP contribution >= 0.6 is 0 Å². The molecule has 2 N–H and O–H groups in total. The quantitative estimate of drug-likeness (QED) is 0.299. The van der Waals surface area contributed by atoms with Gasteiger partial charge in [0, 0.05) is 30.3 Å². The highest BCUT2D eigenvalue weighted by Crippen LogP contribution is 2.39. The van der Waals surface area contributed by atoms with Crippen LogP contribution in [0.4, 0.5) is 14.7 Å². The summed E-state index contributed by atoms with van der Waals surface area (Å²) >= 11 is 0. The van der Waals surface area contributed by atoms with E-state index in [1.807, 2.05) is 48.1 Å². The van der Waals surface area contributed by atoms with Gasteiger partial charge in [0.15, 0.2) is 6.19 Å². The predicted octanol–water partition coefficient (Wildman–Crippen LogP) is 4.93. The van der Waals surface area contributed by atoms with Gasteiger partial charge in [-0.2, -0.15) is 5.26 Å². The smallest absolute Gasteiger partial charge is 0.217 e. The molecule has 1 aromatic heterocycles. The summed E-state index contributed by atoms with van der Waals surface area (Å²) in [7, 11) is 1.97. The number of rotatable bonds is 3. The molecule has 3 heterocycles. The lowest BCUT2D eigenvalue weighted by atomic mass is 9.92. The minimum absolute atomic E-state index is 0.0126. The Morgan fingerprint density at radius 1 is 1.16 bits per heavy atom. The first-order valence-corrected chi connectivity index (χ1v) is 12.4. The molecule has 0 spiro atoms. The molecular weight excluding hydrogens is 488 g/mol. The fourth-order valence-corrected chi connectivity index (χ4v) is 5.47. The SMILES string of the molecule is CN1CC[C@H](n2c(NC#N)nc3cc(/C=C4/c5ccc(F)cc5OCc5c(F)cccc54)ccc32)[C@@H](O)C1. The highest BCUT2D eigenvalue weighted by atomic mass is 19.1. The Balaban J connectivity index is 1.50. The number of halogens is 2. The molecule has 3 aromatic carbocycles. The summed E-state index contributed by atoms with van der Waals surface area (Å²) < 4.78 is 36.5. The van der Waals surface area contributed by atoms with E-state index >= 15 is 0 Å². The van der Waals surface area contributed by atoms with E-state index in [9.17, 15) is 19.1 Å². The first-order valence-electron chi connectivity index (χ1n) is 12.4. The summed E-state index contributed by atoms with van der Waals surface area (Å²) in [5.41, 5.74) is 4.65. The molecule has 2 aliphatic rings. The van der Waals surface area contributed by atoms with Crippen LogP contribution in [-0.4, -0.2) is 45.8 Å². The van der Waals surface area contributed by atoms with Crippen LogP contribution < -0.4 is 10.1 Å². The maximum absolute atomic E-state index is 14.8. The Hall–Kier alpha value is -4.26. The van der Waals surface area contributed by atoms with E-state index in [0.29, 0.717) is 52.4 Å². The fraction of sp³-hybridized carbons (Fsp3) is 0.241. The van der Waals surface area contributed by atoms with Crippen LogP contribution in [0.2, 0.25) is 0 Å². The number of nitrogens with zero attached hydrogens (tertiary/aromatic N) is 4. The van der Waals surface area contributed by atoms with Crippen molar-refractivity contribution in [2.75, 3.05) is 25.5 Å².